The van der Waals surface area contributed by atoms with Crippen molar-refractivity contribution in [1.29, 1.82) is 0 Å². The molecule has 0 aliphatic carbocycles. The molecule has 0 amide bonds. The second-order valence-corrected chi connectivity index (χ2v) is 8.37. The van der Waals surface area contributed by atoms with Crippen molar-refractivity contribution in [3.05, 3.63) is 91.0 Å². The quantitative estimate of drug-likeness (QED) is 0.502. The summed E-state index contributed by atoms with van der Waals surface area (Å²) in [4.78, 5) is 0. The van der Waals surface area contributed by atoms with Crippen molar-refractivity contribution in [1.82, 2.24) is 0 Å². The molecule has 136 valence electrons. The van der Waals surface area contributed by atoms with Crippen LogP contribution in [0.25, 0.3) is 0 Å². The van der Waals surface area contributed by atoms with Gasteiger partial charge in [0.2, 0.25) is 0 Å². The zero-order chi connectivity index (χ0) is 19.0. The third-order valence-electron chi connectivity index (χ3n) is 4.72. The fourth-order valence-corrected chi connectivity index (χ4v) is 3.63. The van der Waals surface area contributed by atoms with Crippen LogP contribution >= 0.6 is 0 Å². The molecular formula is C24H32BN. The van der Waals surface area contributed by atoms with Gasteiger partial charge in [0, 0.05) is 0 Å². The molecule has 0 unspecified atom stereocenters. The zero-order valence-corrected chi connectivity index (χ0v) is 16.9. The average Bonchev–Trinajstić information content (AvgIpc) is 2.64. The van der Waals surface area contributed by atoms with Crippen molar-refractivity contribution >= 4 is 22.5 Å². The van der Waals surface area contributed by atoms with E-state index in [4.69, 9.17) is 0 Å². The molecule has 0 spiro atoms. The minimum Gasteiger partial charge on any atom is -0.333 e. The third kappa shape index (κ3) is 5.09. The Kier molecular flexibility index (Phi) is 6.82. The Morgan fingerprint density at radius 2 is 0.769 bits per heavy atom. The molecule has 26 heavy (non-hydrogen) atoms. The zero-order valence-electron chi connectivity index (χ0n) is 16.9. The molecule has 3 rings (SSSR count). The van der Waals surface area contributed by atoms with E-state index in [-0.39, 0.29) is 0 Å². The highest BCUT2D eigenvalue weighted by molar-refractivity contribution is 7.11. The van der Waals surface area contributed by atoms with E-state index in [0.717, 1.165) is 10.8 Å². The van der Waals surface area contributed by atoms with Crippen LogP contribution in [0.2, 0.25) is 6.32 Å². The Labute approximate surface area is 159 Å². The lowest BCUT2D eigenvalue weighted by molar-refractivity contribution is -0.849. The van der Waals surface area contributed by atoms with Crippen LogP contribution in [-0.2, 0) is 0 Å². The van der Waals surface area contributed by atoms with Gasteiger partial charge in [0.05, 0.1) is 34.3 Å². The molecule has 0 heterocycles. The van der Waals surface area contributed by atoms with Crippen LogP contribution in [0.3, 0.4) is 0 Å². The van der Waals surface area contributed by atoms with Crippen LogP contribution in [0.4, 0.5) is 0 Å². The van der Waals surface area contributed by atoms with Crippen LogP contribution in [0, 0.1) is 0 Å². The summed E-state index contributed by atoms with van der Waals surface area (Å²) in [6.45, 7) is 2.30. The normalized spacial score (nSPS) is 11.4. The molecule has 0 atom stereocenters. The summed E-state index contributed by atoms with van der Waals surface area (Å²) in [6.07, 6.45) is 0.197. The van der Waals surface area contributed by atoms with Gasteiger partial charge in [-0.15, -0.1) is 0 Å². The molecule has 0 saturated carbocycles. The van der Waals surface area contributed by atoms with E-state index in [1.54, 1.807) is 0 Å². The van der Waals surface area contributed by atoms with Gasteiger partial charge in [0.15, 0.2) is 0 Å². The molecule has 0 bridgehead atoms. The highest BCUT2D eigenvalue weighted by Gasteiger charge is 2.27. The lowest BCUT2D eigenvalue weighted by atomic mass is 9.14. The predicted octanol–water partition coefficient (Wildman–Crippen LogP) is 3.50. The summed E-state index contributed by atoms with van der Waals surface area (Å²) in [5.41, 5.74) is 4.24. The Morgan fingerprint density at radius 1 is 0.538 bits per heavy atom. The van der Waals surface area contributed by atoms with Gasteiger partial charge in [-0.05, 0) is 0 Å². The summed E-state index contributed by atoms with van der Waals surface area (Å²) in [6, 6.07) is 32.8. The number of hydrogen-bond acceptors (Lipinski definition) is 0. The Morgan fingerprint density at radius 3 is 0.962 bits per heavy atom. The van der Waals surface area contributed by atoms with Crippen LogP contribution in [-0.4, -0.2) is 38.8 Å². The molecule has 0 N–H and O–H groups in total. The standard InChI is InChI=1S/C20H20B.C4H12N/c1-2-21(18-12-6-3-7-13-18,19-14-8-4-9-15-19)20-16-10-5-11-17-20;1-5(2,3)4/h3-17H,2H2,1H3;1-4H3/q-1;+1. The van der Waals surface area contributed by atoms with E-state index in [1.165, 1.54) is 16.4 Å². The van der Waals surface area contributed by atoms with Crippen LogP contribution in [0.1, 0.15) is 6.92 Å². The minimum absolute atomic E-state index is 0.898. The van der Waals surface area contributed by atoms with E-state index in [9.17, 15) is 0 Å². The van der Waals surface area contributed by atoms with Crippen molar-refractivity contribution in [2.75, 3.05) is 28.2 Å². The SMILES string of the molecule is CC[B-](c1ccccc1)(c1ccccc1)c1ccccc1.C[N+](C)(C)C. The second kappa shape index (κ2) is 8.87. The van der Waals surface area contributed by atoms with E-state index in [1.807, 2.05) is 0 Å². The molecule has 0 saturated heterocycles. The van der Waals surface area contributed by atoms with Gasteiger partial charge in [-0.3, -0.25) is 0 Å². The topological polar surface area (TPSA) is 0 Å². The molecule has 0 aliphatic rings. The lowest BCUT2D eigenvalue weighted by Gasteiger charge is -2.42. The molecule has 0 aliphatic heterocycles. The lowest BCUT2D eigenvalue weighted by Crippen LogP contribution is -2.66. The van der Waals surface area contributed by atoms with Gasteiger partial charge in [-0.25, -0.2) is 0 Å². The molecular weight excluding hydrogens is 313 g/mol. The average molecular weight is 345 g/mol. The fourth-order valence-electron chi connectivity index (χ4n) is 3.63. The number of nitrogens with zero attached hydrogens (tertiary/aromatic N) is 1. The van der Waals surface area contributed by atoms with Crippen molar-refractivity contribution < 1.29 is 4.48 Å². The van der Waals surface area contributed by atoms with E-state index < -0.39 is 6.15 Å². The van der Waals surface area contributed by atoms with Gasteiger partial charge in [0.1, 0.15) is 0 Å². The van der Waals surface area contributed by atoms with Gasteiger partial charge < -0.3 is 4.48 Å². The van der Waals surface area contributed by atoms with Crippen molar-refractivity contribution in [3.8, 4) is 0 Å². The third-order valence-corrected chi connectivity index (χ3v) is 4.72. The molecule has 3 aromatic rings. The first-order valence-electron chi connectivity index (χ1n) is 9.50. The maximum atomic E-state index is 2.30. The fraction of sp³-hybridized carbons (Fsp3) is 0.250. The second-order valence-electron chi connectivity index (χ2n) is 8.37. The van der Waals surface area contributed by atoms with Gasteiger partial charge in [-0.1, -0.05) is 97.9 Å². The van der Waals surface area contributed by atoms with Crippen molar-refractivity contribution in [2.45, 2.75) is 13.2 Å². The van der Waals surface area contributed by atoms with E-state index in [2.05, 4.69) is 126 Å². The predicted molar refractivity (Wildman–Crippen MR) is 118 cm³/mol. The maximum absolute atomic E-state index is 2.30. The van der Waals surface area contributed by atoms with Gasteiger partial charge in [-0.2, -0.15) is 22.7 Å². The summed E-state index contributed by atoms with van der Waals surface area (Å²) in [5.74, 6) is 0. The first-order chi connectivity index (χ1) is 12.4. The Bertz CT molecular complexity index is 659. The minimum atomic E-state index is -0.898. The number of benzene rings is 3. The van der Waals surface area contributed by atoms with Crippen LogP contribution < -0.4 is 16.4 Å². The molecule has 3 aromatic carbocycles. The first-order valence-corrected chi connectivity index (χ1v) is 9.50. The monoisotopic (exact) mass is 345 g/mol. The van der Waals surface area contributed by atoms with E-state index >= 15 is 0 Å². The van der Waals surface area contributed by atoms with Gasteiger partial charge >= 0.3 is 0 Å². The molecule has 1 nitrogen and oxygen atoms in total. The number of rotatable bonds is 4. The maximum Gasteiger partial charge on any atom is 0.0812 e. The highest BCUT2D eigenvalue weighted by Crippen LogP contribution is 2.12. The number of quaternary nitrogens is 1. The van der Waals surface area contributed by atoms with Crippen LogP contribution in [0.15, 0.2) is 91.0 Å². The summed E-state index contributed by atoms with van der Waals surface area (Å²) < 4.78 is 1.00. The molecule has 2 heteroatoms. The molecule has 0 radical (unpaired) electrons. The van der Waals surface area contributed by atoms with E-state index in [0.29, 0.717) is 0 Å². The summed E-state index contributed by atoms with van der Waals surface area (Å²) >= 11 is 0. The van der Waals surface area contributed by atoms with Gasteiger partial charge in [0.25, 0.3) is 0 Å². The largest absolute Gasteiger partial charge is 0.333 e. The summed E-state index contributed by atoms with van der Waals surface area (Å²) in [5, 5.41) is 0. The highest BCUT2D eigenvalue weighted by atomic mass is 15.2. The van der Waals surface area contributed by atoms with Crippen molar-refractivity contribution in [3.63, 3.8) is 0 Å². The van der Waals surface area contributed by atoms with Crippen molar-refractivity contribution in [2.24, 2.45) is 0 Å². The van der Waals surface area contributed by atoms with Crippen LogP contribution in [0.5, 0.6) is 0 Å². The molecule has 0 fully saturated rings. The number of hydrogen-bond donors (Lipinski definition) is 0. The first kappa shape index (κ1) is 20.0. The Hall–Kier alpha value is -2.32. The molecule has 0 aromatic heterocycles. The smallest absolute Gasteiger partial charge is 0.0812 e. The summed E-state index contributed by atoms with van der Waals surface area (Å²) in [7, 11) is 8.50. The Balaban J connectivity index is 0.000000431.